The molecule has 0 atom stereocenters. The molecule has 0 aliphatic carbocycles. The summed E-state index contributed by atoms with van der Waals surface area (Å²) in [5.74, 6) is 1.64. The molecule has 0 bridgehead atoms. The molecule has 1 fully saturated rings. The molecule has 0 unspecified atom stereocenters. The third kappa shape index (κ3) is 2.78. The Balaban J connectivity index is 2.05. The molecular formula is C14H22N2O. The molecule has 17 heavy (non-hydrogen) atoms. The average molecular weight is 234 g/mol. The van der Waals surface area contributed by atoms with Crippen molar-refractivity contribution in [1.82, 2.24) is 4.98 Å². The van der Waals surface area contributed by atoms with E-state index in [0.29, 0.717) is 0 Å². The van der Waals surface area contributed by atoms with Gasteiger partial charge in [-0.2, -0.15) is 0 Å². The van der Waals surface area contributed by atoms with Crippen LogP contribution in [-0.4, -0.2) is 23.2 Å². The van der Waals surface area contributed by atoms with Gasteiger partial charge in [0.15, 0.2) is 0 Å². The molecule has 0 amide bonds. The first-order chi connectivity index (χ1) is 8.22. The second kappa shape index (κ2) is 5.50. The van der Waals surface area contributed by atoms with E-state index in [-0.39, 0.29) is 6.61 Å². The fourth-order valence-electron chi connectivity index (χ4n) is 2.66. The summed E-state index contributed by atoms with van der Waals surface area (Å²) in [7, 11) is 0. The van der Waals surface area contributed by atoms with Gasteiger partial charge in [-0.15, -0.1) is 0 Å². The number of hydrogen-bond donors (Lipinski definition) is 1. The summed E-state index contributed by atoms with van der Waals surface area (Å²) in [6.45, 7) is 6.89. The van der Waals surface area contributed by atoms with E-state index in [2.05, 4.69) is 23.7 Å². The van der Waals surface area contributed by atoms with Gasteiger partial charge in [0.2, 0.25) is 0 Å². The van der Waals surface area contributed by atoms with E-state index in [1.807, 2.05) is 12.3 Å². The normalized spacial score (nSPS) is 17.8. The van der Waals surface area contributed by atoms with Crippen LogP contribution in [0.15, 0.2) is 18.5 Å². The van der Waals surface area contributed by atoms with E-state index in [0.717, 1.165) is 36.2 Å². The number of aromatic nitrogens is 1. The Kier molecular flexibility index (Phi) is 4.00. The average Bonchev–Trinajstić information content (AvgIpc) is 2.39. The molecule has 1 saturated heterocycles. The van der Waals surface area contributed by atoms with E-state index in [9.17, 15) is 5.11 Å². The first-order valence-corrected chi connectivity index (χ1v) is 6.51. The Morgan fingerprint density at radius 1 is 1.41 bits per heavy atom. The van der Waals surface area contributed by atoms with Gasteiger partial charge in [0.1, 0.15) is 0 Å². The van der Waals surface area contributed by atoms with E-state index in [4.69, 9.17) is 0 Å². The lowest BCUT2D eigenvalue weighted by molar-refractivity contribution is 0.279. The first-order valence-electron chi connectivity index (χ1n) is 6.51. The van der Waals surface area contributed by atoms with Gasteiger partial charge in [-0.1, -0.05) is 13.8 Å². The number of hydrogen-bond acceptors (Lipinski definition) is 3. The highest BCUT2D eigenvalue weighted by Crippen LogP contribution is 2.29. The molecule has 0 saturated carbocycles. The molecule has 1 aliphatic heterocycles. The summed E-state index contributed by atoms with van der Waals surface area (Å²) in [5, 5.41) is 9.32. The Morgan fingerprint density at radius 3 is 2.71 bits per heavy atom. The van der Waals surface area contributed by atoms with Crippen LogP contribution in [0.25, 0.3) is 0 Å². The lowest BCUT2D eigenvalue weighted by Gasteiger charge is -2.36. The largest absolute Gasteiger partial charge is 0.392 e. The molecule has 2 heterocycles. The molecule has 3 heteroatoms. The van der Waals surface area contributed by atoms with Gasteiger partial charge >= 0.3 is 0 Å². The number of anilines is 1. The lowest BCUT2D eigenvalue weighted by atomic mass is 9.86. The van der Waals surface area contributed by atoms with Crippen molar-refractivity contribution < 1.29 is 5.11 Å². The predicted octanol–water partition coefficient (Wildman–Crippen LogP) is 2.45. The monoisotopic (exact) mass is 234 g/mol. The summed E-state index contributed by atoms with van der Waals surface area (Å²) >= 11 is 0. The minimum absolute atomic E-state index is 0.0767. The lowest BCUT2D eigenvalue weighted by Crippen LogP contribution is -2.35. The quantitative estimate of drug-likeness (QED) is 0.872. The van der Waals surface area contributed by atoms with Crippen molar-refractivity contribution in [1.29, 1.82) is 0 Å². The van der Waals surface area contributed by atoms with Crippen molar-refractivity contribution >= 4 is 5.69 Å². The van der Waals surface area contributed by atoms with Crippen LogP contribution < -0.4 is 4.90 Å². The van der Waals surface area contributed by atoms with Crippen LogP contribution in [0.3, 0.4) is 0 Å². The van der Waals surface area contributed by atoms with Gasteiger partial charge in [-0.05, 0) is 30.7 Å². The third-order valence-electron chi connectivity index (χ3n) is 3.87. The highest BCUT2D eigenvalue weighted by atomic mass is 16.3. The number of pyridine rings is 1. The fraction of sp³-hybridized carbons (Fsp3) is 0.643. The maximum atomic E-state index is 9.32. The van der Waals surface area contributed by atoms with E-state index in [1.165, 1.54) is 12.8 Å². The van der Waals surface area contributed by atoms with E-state index >= 15 is 0 Å². The molecule has 0 aromatic carbocycles. The number of piperidine rings is 1. The molecule has 94 valence electrons. The zero-order valence-electron chi connectivity index (χ0n) is 10.8. The van der Waals surface area contributed by atoms with Gasteiger partial charge in [0.25, 0.3) is 0 Å². The number of rotatable bonds is 3. The molecule has 0 spiro atoms. The molecule has 1 N–H and O–H groups in total. The minimum Gasteiger partial charge on any atom is -0.392 e. The maximum absolute atomic E-state index is 9.32. The van der Waals surface area contributed by atoms with Crippen LogP contribution in [0, 0.1) is 11.8 Å². The van der Waals surface area contributed by atoms with Crippen LogP contribution in [0.5, 0.6) is 0 Å². The van der Waals surface area contributed by atoms with Crippen LogP contribution in [-0.2, 0) is 6.61 Å². The summed E-state index contributed by atoms with van der Waals surface area (Å²) in [6, 6.07) is 2.02. The van der Waals surface area contributed by atoms with Crippen molar-refractivity contribution in [3.8, 4) is 0 Å². The maximum Gasteiger partial charge on any atom is 0.0717 e. The Bertz CT molecular complexity index is 357. The zero-order valence-corrected chi connectivity index (χ0v) is 10.8. The van der Waals surface area contributed by atoms with Gasteiger partial charge in [0, 0.05) is 36.7 Å². The summed E-state index contributed by atoms with van der Waals surface area (Å²) < 4.78 is 0. The van der Waals surface area contributed by atoms with Gasteiger partial charge < -0.3 is 10.0 Å². The number of nitrogens with zero attached hydrogens (tertiary/aromatic N) is 2. The van der Waals surface area contributed by atoms with Gasteiger partial charge in [0.05, 0.1) is 6.61 Å². The Morgan fingerprint density at radius 2 is 2.12 bits per heavy atom. The van der Waals surface area contributed by atoms with Crippen LogP contribution in [0.4, 0.5) is 5.69 Å². The molecule has 1 aliphatic rings. The third-order valence-corrected chi connectivity index (χ3v) is 3.87. The Labute approximate surface area is 103 Å². The van der Waals surface area contributed by atoms with Crippen molar-refractivity contribution in [2.75, 3.05) is 18.0 Å². The highest BCUT2D eigenvalue weighted by Gasteiger charge is 2.22. The van der Waals surface area contributed by atoms with Gasteiger partial charge in [-0.3, -0.25) is 4.98 Å². The van der Waals surface area contributed by atoms with Crippen molar-refractivity contribution in [2.24, 2.45) is 11.8 Å². The number of aliphatic hydroxyl groups is 1. The fourth-order valence-corrected chi connectivity index (χ4v) is 2.66. The van der Waals surface area contributed by atoms with Gasteiger partial charge in [-0.25, -0.2) is 0 Å². The SMILES string of the molecule is CC(C)C1CCN(c2ccncc2CO)CC1. The Hall–Kier alpha value is -1.09. The summed E-state index contributed by atoms with van der Waals surface area (Å²) in [5.41, 5.74) is 2.10. The highest BCUT2D eigenvalue weighted by molar-refractivity contribution is 5.52. The van der Waals surface area contributed by atoms with Crippen molar-refractivity contribution in [3.63, 3.8) is 0 Å². The van der Waals surface area contributed by atoms with Crippen LogP contribution in [0.1, 0.15) is 32.3 Å². The van der Waals surface area contributed by atoms with Crippen LogP contribution in [0.2, 0.25) is 0 Å². The molecular weight excluding hydrogens is 212 g/mol. The zero-order chi connectivity index (χ0) is 12.3. The van der Waals surface area contributed by atoms with E-state index in [1.54, 1.807) is 6.20 Å². The van der Waals surface area contributed by atoms with Crippen molar-refractivity contribution in [3.05, 3.63) is 24.0 Å². The predicted molar refractivity (Wildman–Crippen MR) is 69.9 cm³/mol. The molecule has 1 aromatic rings. The molecule has 1 aromatic heterocycles. The van der Waals surface area contributed by atoms with Crippen molar-refractivity contribution in [2.45, 2.75) is 33.3 Å². The van der Waals surface area contributed by atoms with Crippen LogP contribution >= 0.6 is 0 Å². The first kappa shape index (κ1) is 12.4. The molecule has 3 nitrogen and oxygen atoms in total. The second-order valence-corrected chi connectivity index (χ2v) is 5.23. The molecule has 0 radical (unpaired) electrons. The molecule has 2 rings (SSSR count). The number of aliphatic hydroxyl groups excluding tert-OH is 1. The van der Waals surface area contributed by atoms with E-state index < -0.39 is 0 Å². The summed E-state index contributed by atoms with van der Waals surface area (Å²) in [6.07, 6.45) is 6.09. The smallest absolute Gasteiger partial charge is 0.0717 e. The second-order valence-electron chi connectivity index (χ2n) is 5.23. The standard InChI is InChI=1S/C14H22N2O/c1-11(2)12-4-7-16(8-5-12)14-3-6-15-9-13(14)10-17/h3,6,9,11-12,17H,4-5,7-8,10H2,1-2H3. The topological polar surface area (TPSA) is 36.4 Å². The summed E-state index contributed by atoms with van der Waals surface area (Å²) in [4.78, 5) is 6.45. The minimum atomic E-state index is 0.0767.